The Morgan fingerprint density at radius 2 is 1.79 bits per heavy atom. The molecule has 0 unspecified atom stereocenters. The standard InChI is InChI=1S/C29H37FN2O.C8H8N2/c1-23-22-26(30)13-14-27(23)28(33)32-20-16-29(17-21-32,25-11-3-2-4-12-25)15-19-31-18-6-5-8-24-9-7-10-24;1-6-9-7-4-2-3-5-8(7)10-6/h2-4,11-14,18,22,24H,5-10,15-17,19-21H2,1H3;2-5H,1H3,(H,9,10). The SMILES string of the molecule is Cc1cc(F)ccc1C(=O)N1CCC(CCN=CCCCC2CCC2)(c2ccccc2)CC1.Cc1nc2ccccc2[nH]1. The van der Waals surface area contributed by atoms with E-state index in [1.165, 1.54) is 49.8 Å². The zero-order valence-corrected chi connectivity index (χ0v) is 25.7. The Morgan fingerprint density at radius 3 is 2.49 bits per heavy atom. The Balaban J connectivity index is 0.000000308. The summed E-state index contributed by atoms with van der Waals surface area (Å²) in [6.45, 7) is 6.04. The molecule has 0 atom stereocenters. The molecule has 4 aromatic rings. The molecule has 2 aliphatic rings. The summed E-state index contributed by atoms with van der Waals surface area (Å²) < 4.78 is 13.5. The van der Waals surface area contributed by atoms with Gasteiger partial charge in [-0.25, -0.2) is 9.37 Å². The van der Waals surface area contributed by atoms with Crippen molar-refractivity contribution in [2.45, 2.75) is 77.0 Å². The number of aliphatic imine (C=N–C) groups is 1. The summed E-state index contributed by atoms with van der Waals surface area (Å²) in [5, 5.41) is 0. The summed E-state index contributed by atoms with van der Waals surface area (Å²) in [5.41, 5.74) is 4.87. The van der Waals surface area contributed by atoms with E-state index >= 15 is 0 Å². The van der Waals surface area contributed by atoms with Crippen LogP contribution in [0, 0.1) is 25.6 Å². The van der Waals surface area contributed by atoms with Crippen LogP contribution in [0.3, 0.4) is 0 Å². The van der Waals surface area contributed by atoms with Gasteiger partial charge in [0.2, 0.25) is 0 Å². The number of aromatic nitrogens is 2. The zero-order valence-electron chi connectivity index (χ0n) is 25.7. The molecular weight excluding hydrogens is 535 g/mol. The van der Waals surface area contributed by atoms with Gasteiger partial charge in [0.15, 0.2) is 0 Å². The molecule has 1 N–H and O–H groups in total. The maximum absolute atomic E-state index is 13.5. The molecule has 0 radical (unpaired) electrons. The first kappa shape index (κ1) is 30.7. The van der Waals surface area contributed by atoms with Gasteiger partial charge >= 0.3 is 0 Å². The molecule has 2 heterocycles. The van der Waals surface area contributed by atoms with Crippen LogP contribution in [0.15, 0.2) is 77.8 Å². The van der Waals surface area contributed by atoms with Gasteiger partial charge in [0.05, 0.1) is 11.0 Å². The van der Waals surface area contributed by atoms with Gasteiger partial charge in [0.25, 0.3) is 5.91 Å². The van der Waals surface area contributed by atoms with E-state index in [1.54, 1.807) is 13.0 Å². The Morgan fingerprint density at radius 1 is 1.05 bits per heavy atom. The number of amides is 1. The number of para-hydroxylation sites is 2. The van der Waals surface area contributed by atoms with Crippen molar-refractivity contribution in [2.24, 2.45) is 10.9 Å². The number of nitrogens with one attached hydrogen (secondary N) is 1. The van der Waals surface area contributed by atoms with Crippen LogP contribution in [0.5, 0.6) is 0 Å². The van der Waals surface area contributed by atoms with Crippen LogP contribution in [-0.2, 0) is 5.41 Å². The molecule has 0 bridgehead atoms. The minimum absolute atomic E-state index is 0.0126. The molecule has 6 rings (SSSR count). The third kappa shape index (κ3) is 7.98. The molecule has 1 amide bonds. The topological polar surface area (TPSA) is 61.4 Å². The third-order valence-electron chi connectivity index (χ3n) is 9.34. The second-order valence-corrected chi connectivity index (χ2v) is 12.3. The number of aromatic amines is 1. The maximum atomic E-state index is 13.5. The molecule has 1 saturated heterocycles. The number of halogens is 1. The van der Waals surface area contributed by atoms with Gasteiger partial charge in [0, 0.05) is 30.6 Å². The fourth-order valence-corrected chi connectivity index (χ4v) is 6.47. The molecule has 3 aromatic carbocycles. The largest absolute Gasteiger partial charge is 0.342 e. The number of H-pyrrole nitrogens is 1. The Hall–Kier alpha value is -3.80. The van der Waals surface area contributed by atoms with E-state index in [0.29, 0.717) is 11.1 Å². The highest BCUT2D eigenvalue weighted by Crippen LogP contribution is 2.39. The van der Waals surface area contributed by atoms with Gasteiger partial charge in [-0.3, -0.25) is 9.79 Å². The molecule has 5 nitrogen and oxygen atoms in total. The van der Waals surface area contributed by atoms with E-state index in [2.05, 4.69) is 46.5 Å². The first-order chi connectivity index (χ1) is 20.9. The number of carbonyl (C=O) groups excluding carboxylic acids is 1. The first-order valence-electron chi connectivity index (χ1n) is 15.9. The number of carbonyl (C=O) groups is 1. The maximum Gasteiger partial charge on any atom is 0.254 e. The summed E-state index contributed by atoms with van der Waals surface area (Å²) in [7, 11) is 0. The van der Waals surface area contributed by atoms with Crippen LogP contribution in [0.4, 0.5) is 4.39 Å². The number of unbranched alkanes of at least 4 members (excludes halogenated alkanes) is 1. The summed E-state index contributed by atoms with van der Waals surface area (Å²) in [4.78, 5) is 27.2. The number of fused-ring (bicyclic) bond motifs is 1. The van der Waals surface area contributed by atoms with Crippen LogP contribution < -0.4 is 0 Å². The van der Waals surface area contributed by atoms with E-state index in [4.69, 9.17) is 4.99 Å². The number of rotatable bonds is 9. The lowest BCUT2D eigenvalue weighted by molar-refractivity contribution is 0.0660. The van der Waals surface area contributed by atoms with E-state index in [9.17, 15) is 9.18 Å². The molecule has 1 aliphatic heterocycles. The number of likely N-dealkylation sites (tertiary alicyclic amines) is 1. The number of imidazole rings is 1. The normalized spacial score (nSPS) is 16.6. The second kappa shape index (κ2) is 14.6. The summed E-state index contributed by atoms with van der Waals surface area (Å²) >= 11 is 0. The fourth-order valence-electron chi connectivity index (χ4n) is 6.47. The van der Waals surface area contributed by atoms with Crippen molar-refractivity contribution in [2.75, 3.05) is 19.6 Å². The van der Waals surface area contributed by atoms with E-state index in [1.807, 2.05) is 36.1 Å². The molecule has 1 saturated carbocycles. The number of piperidine rings is 1. The number of benzene rings is 3. The molecule has 1 aliphatic carbocycles. The van der Waals surface area contributed by atoms with Gasteiger partial charge in [-0.05, 0) is 99.5 Å². The highest BCUT2D eigenvalue weighted by atomic mass is 19.1. The number of aryl methyl sites for hydroxylation is 2. The summed E-state index contributed by atoms with van der Waals surface area (Å²) in [6, 6.07) is 23.2. The monoisotopic (exact) mass is 580 g/mol. The lowest BCUT2D eigenvalue weighted by atomic mass is 9.70. The summed E-state index contributed by atoms with van der Waals surface area (Å²) in [6.07, 6.45) is 13.0. The van der Waals surface area contributed by atoms with E-state index < -0.39 is 0 Å². The Kier molecular flexibility index (Phi) is 10.4. The van der Waals surface area contributed by atoms with Crippen LogP contribution in [-0.4, -0.2) is 46.6 Å². The van der Waals surface area contributed by atoms with Crippen molar-refractivity contribution in [3.05, 3.63) is 101 Å². The zero-order chi connectivity index (χ0) is 30.1. The molecule has 0 spiro atoms. The van der Waals surface area contributed by atoms with Crippen LogP contribution in [0.25, 0.3) is 11.0 Å². The molecule has 226 valence electrons. The average Bonchev–Trinajstić information content (AvgIpc) is 3.38. The second-order valence-electron chi connectivity index (χ2n) is 12.3. The smallest absolute Gasteiger partial charge is 0.254 e. The van der Waals surface area contributed by atoms with Crippen molar-refractivity contribution in [3.8, 4) is 0 Å². The van der Waals surface area contributed by atoms with Gasteiger partial charge in [-0.1, -0.05) is 68.1 Å². The quantitative estimate of drug-likeness (QED) is 0.159. The molecule has 43 heavy (non-hydrogen) atoms. The lowest BCUT2D eigenvalue weighted by Gasteiger charge is -2.42. The van der Waals surface area contributed by atoms with Gasteiger partial charge < -0.3 is 9.88 Å². The minimum atomic E-state index is -0.297. The van der Waals surface area contributed by atoms with E-state index in [-0.39, 0.29) is 17.1 Å². The van der Waals surface area contributed by atoms with Crippen molar-refractivity contribution < 1.29 is 9.18 Å². The third-order valence-corrected chi connectivity index (χ3v) is 9.34. The van der Waals surface area contributed by atoms with E-state index in [0.717, 1.165) is 68.1 Å². The number of nitrogens with zero attached hydrogens (tertiary/aromatic N) is 3. The van der Waals surface area contributed by atoms with Crippen molar-refractivity contribution >= 4 is 23.2 Å². The van der Waals surface area contributed by atoms with Crippen molar-refractivity contribution in [1.82, 2.24) is 14.9 Å². The molecule has 6 heteroatoms. The predicted molar refractivity (Wildman–Crippen MR) is 174 cm³/mol. The number of hydrogen-bond donors (Lipinski definition) is 1. The van der Waals surface area contributed by atoms with Gasteiger partial charge in [-0.2, -0.15) is 0 Å². The Labute approximate surface area is 255 Å². The Bertz CT molecular complexity index is 1470. The van der Waals surface area contributed by atoms with Gasteiger partial charge in [0.1, 0.15) is 11.6 Å². The molecular formula is C37H45FN4O. The molecule has 2 fully saturated rings. The number of hydrogen-bond acceptors (Lipinski definition) is 3. The van der Waals surface area contributed by atoms with Gasteiger partial charge in [-0.15, -0.1) is 0 Å². The average molecular weight is 581 g/mol. The summed E-state index contributed by atoms with van der Waals surface area (Å²) in [5.74, 6) is 1.67. The highest BCUT2D eigenvalue weighted by Gasteiger charge is 2.37. The van der Waals surface area contributed by atoms with Crippen LogP contribution in [0.1, 0.15) is 85.1 Å². The predicted octanol–water partition coefficient (Wildman–Crippen LogP) is 8.61. The van der Waals surface area contributed by atoms with Crippen molar-refractivity contribution in [3.63, 3.8) is 0 Å². The van der Waals surface area contributed by atoms with Crippen LogP contribution >= 0.6 is 0 Å². The first-order valence-corrected chi connectivity index (χ1v) is 15.9. The fraction of sp³-hybridized carbons (Fsp3) is 0.432. The highest BCUT2D eigenvalue weighted by molar-refractivity contribution is 5.95. The molecule has 1 aromatic heterocycles. The lowest BCUT2D eigenvalue weighted by Crippen LogP contribution is -2.45. The minimum Gasteiger partial charge on any atom is -0.342 e. The van der Waals surface area contributed by atoms with Crippen molar-refractivity contribution in [1.29, 1.82) is 0 Å². The van der Waals surface area contributed by atoms with Crippen LogP contribution in [0.2, 0.25) is 0 Å².